The Hall–Kier alpha value is -2.55. The topological polar surface area (TPSA) is 89.8 Å². The van der Waals surface area contributed by atoms with Crippen molar-refractivity contribution in [1.29, 1.82) is 0 Å². The third kappa shape index (κ3) is 5.03. The minimum absolute atomic E-state index is 0.162. The second-order valence-corrected chi connectivity index (χ2v) is 6.87. The molecule has 0 saturated heterocycles. The first kappa shape index (κ1) is 20.2. The van der Waals surface area contributed by atoms with E-state index in [1.807, 2.05) is 25.3 Å². The molecule has 2 aromatic rings. The van der Waals surface area contributed by atoms with Gasteiger partial charge in [-0.3, -0.25) is 14.8 Å². The van der Waals surface area contributed by atoms with E-state index in [0.717, 1.165) is 31.6 Å². The van der Waals surface area contributed by atoms with Crippen LogP contribution in [0.3, 0.4) is 0 Å². The molecule has 0 amide bonds. The van der Waals surface area contributed by atoms with Crippen LogP contribution in [0.1, 0.15) is 24.9 Å². The SMILES string of the molecule is CCN(CCO)CCN(C)Cc1cc(=O)n2[nH]c(C3=CCC=CC=C3)nc2n1. The average Bonchev–Trinajstić information content (AvgIpc) is 2.92. The zero-order chi connectivity index (χ0) is 19.9. The zero-order valence-corrected chi connectivity index (χ0v) is 16.5. The maximum Gasteiger partial charge on any atom is 0.274 e. The lowest BCUT2D eigenvalue weighted by atomic mass is 10.2. The number of rotatable bonds is 9. The normalized spacial score (nSPS) is 14.2. The highest BCUT2D eigenvalue weighted by atomic mass is 16.3. The number of allylic oxidation sites excluding steroid dienone is 6. The fourth-order valence-electron chi connectivity index (χ4n) is 3.13. The van der Waals surface area contributed by atoms with Crippen molar-refractivity contribution in [3.63, 3.8) is 0 Å². The molecule has 0 aliphatic heterocycles. The van der Waals surface area contributed by atoms with Gasteiger partial charge in [0.25, 0.3) is 11.3 Å². The molecule has 150 valence electrons. The molecule has 0 radical (unpaired) electrons. The van der Waals surface area contributed by atoms with E-state index in [9.17, 15) is 4.79 Å². The minimum atomic E-state index is -0.168. The van der Waals surface area contributed by atoms with Gasteiger partial charge >= 0.3 is 0 Å². The molecular weight excluding hydrogens is 356 g/mol. The van der Waals surface area contributed by atoms with E-state index < -0.39 is 0 Å². The molecule has 0 atom stereocenters. The lowest BCUT2D eigenvalue weighted by molar-refractivity contribution is 0.181. The third-order valence-electron chi connectivity index (χ3n) is 4.75. The van der Waals surface area contributed by atoms with E-state index >= 15 is 0 Å². The number of nitrogens with one attached hydrogen (secondary N) is 1. The molecule has 1 aliphatic carbocycles. The molecule has 0 fully saturated rings. The first-order valence-electron chi connectivity index (χ1n) is 9.65. The van der Waals surface area contributed by atoms with Crippen molar-refractivity contribution >= 4 is 11.4 Å². The van der Waals surface area contributed by atoms with Gasteiger partial charge in [0, 0.05) is 37.8 Å². The predicted octanol–water partition coefficient (Wildman–Crippen LogP) is 1.06. The largest absolute Gasteiger partial charge is 0.395 e. The average molecular weight is 384 g/mol. The summed E-state index contributed by atoms with van der Waals surface area (Å²) in [6.07, 6.45) is 10.9. The third-order valence-corrected chi connectivity index (χ3v) is 4.75. The summed E-state index contributed by atoms with van der Waals surface area (Å²) in [4.78, 5) is 25.9. The Morgan fingerprint density at radius 3 is 2.89 bits per heavy atom. The molecule has 0 spiro atoms. The Labute approximate surface area is 164 Å². The minimum Gasteiger partial charge on any atom is -0.395 e. The van der Waals surface area contributed by atoms with Crippen molar-refractivity contribution < 1.29 is 5.11 Å². The Morgan fingerprint density at radius 1 is 1.25 bits per heavy atom. The van der Waals surface area contributed by atoms with Crippen molar-refractivity contribution in [3.8, 4) is 0 Å². The van der Waals surface area contributed by atoms with Gasteiger partial charge in [0.1, 0.15) is 0 Å². The van der Waals surface area contributed by atoms with Crippen LogP contribution >= 0.6 is 0 Å². The smallest absolute Gasteiger partial charge is 0.274 e. The number of hydrogen-bond donors (Lipinski definition) is 2. The standard InChI is InChI=1S/C20H28N6O2/c1-3-25(12-13-27)11-10-24(2)15-17-14-18(28)26-20(21-17)22-19(23-26)16-8-6-4-5-7-9-16/h4-6,8-9,14,27H,3,7,10-13,15H2,1-2H3,(H,21,22,23). The van der Waals surface area contributed by atoms with Crippen molar-refractivity contribution in [2.24, 2.45) is 0 Å². The highest BCUT2D eigenvalue weighted by Gasteiger charge is 2.12. The Balaban J connectivity index is 1.72. The maximum absolute atomic E-state index is 12.5. The zero-order valence-electron chi connectivity index (χ0n) is 16.5. The number of H-pyrrole nitrogens is 1. The summed E-state index contributed by atoms with van der Waals surface area (Å²) >= 11 is 0. The Kier molecular flexibility index (Phi) is 6.91. The van der Waals surface area contributed by atoms with Crippen LogP contribution in [0.25, 0.3) is 11.4 Å². The van der Waals surface area contributed by atoms with Gasteiger partial charge in [0.05, 0.1) is 12.3 Å². The molecule has 0 unspecified atom stereocenters. The van der Waals surface area contributed by atoms with Crippen molar-refractivity contribution in [2.75, 3.05) is 39.8 Å². The first-order chi connectivity index (χ1) is 13.6. The van der Waals surface area contributed by atoms with Crippen LogP contribution in [0.4, 0.5) is 0 Å². The van der Waals surface area contributed by atoms with Crippen molar-refractivity contribution in [3.05, 3.63) is 58.3 Å². The van der Waals surface area contributed by atoms with Crippen molar-refractivity contribution in [1.82, 2.24) is 29.4 Å². The van der Waals surface area contributed by atoms with Gasteiger partial charge in [0.15, 0.2) is 5.82 Å². The van der Waals surface area contributed by atoms with Crippen LogP contribution in [-0.2, 0) is 6.54 Å². The molecule has 2 aromatic heterocycles. The molecule has 28 heavy (non-hydrogen) atoms. The lowest BCUT2D eigenvalue weighted by Crippen LogP contribution is -2.35. The van der Waals surface area contributed by atoms with Crippen LogP contribution in [-0.4, -0.2) is 74.3 Å². The maximum atomic E-state index is 12.5. The summed E-state index contributed by atoms with van der Waals surface area (Å²) in [5.41, 5.74) is 1.47. The van der Waals surface area contributed by atoms with Gasteiger partial charge in [-0.2, -0.15) is 9.50 Å². The molecular formula is C20H28N6O2. The van der Waals surface area contributed by atoms with E-state index in [4.69, 9.17) is 5.11 Å². The summed E-state index contributed by atoms with van der Waals surface area (Å²) in [6.45, 7) is 6.06. The molecule has 2 N–H and O–H groups in total. The van der Waals surface area contributed by atoms with E-state index in [2.05, 4.69) is 43.9 Å². The van der Waals surface area contributed by atoms with Gasteiger partial charge < -0.3 is 10.0 Å². The predicted molar refractivity (Wildman–Crippen MR) is 110 cm³/mol. The van der Waals surface area contributed by atoms with Crippen LogP contribution in [0.2, 0.25) is 0 Å². The molecule has 1 aliphatic rings. The molecule has 0 aromatic carbocycles. The van der Waals surface area contributed by atoms with E-state index in [0.29, 0.717) is 30.4 Å². The van der Waals surface area contributed by atoms with Crippen LogP contribution < -0.4 is 5.56 Å². The number of aliphatic hydroxyl groups is 1. The number of hydrogen-bond acceptors (Lipinski definition) is 6. The number of fused-ring (bicyclic) bond motifs is 1. The second kappa shape index (κ2) is 9.59. The van der Waals surface area contributed by atoms with E-state index in [1.165, 1.54) is 4.52 Å². The number of likely N-dealkylation sites (N-methyl/N-ethyl adjacent to an activating group) is 2. The Morgan fingerprint density at radius 2 is 2.11 bits per heavy atom. The number of aromatic nitrogens is 4. The van der Waals surface area contributed by atoms with E-state index in [-0.39, 0.29) is 12.2 Å². The number of nitrogens with zero attached hydrogens (tertiary/aromatic N) is 5. The van der Waals surface area contributed by atoms with Gasteiger partial charge in [-0.15, -0.1) is 0 Å². The van der Waals surface area contributed by atoms with E-state index in [1.54, 1.807) is 6.07 Å². The highest BCUT2D eigenvalue weighted by molar-refractivity contribution is 5.71. The lowest BCUT2D eigenvalue weighted by Gasteiger charge is -2.23. The fraction of sp³-hybridized carbons (Fsp3) is 0.450. The Bertz CT molecular complexity index is 940. The quantitative estimate of drug-likeness (QED) is 0.672. The highest BCUT2D eigenvalue weighted by Crippen LogP contribution is 2.15. The molecule has 0 saturated carbocycles. The van der Waals surface area contributed by atoms with Gasteiger partial charge in [-0.1, -0.05) is 37.3 Å². The summed E-state index contributed by atoms with van der Waals surface area (Å²) < 4.78 is 1.38. The molecule has 2 heterocycles. The van der Waals surface area contributed by atoms with Crippen molar-refractivity contribution in [2.45, 2.75) is 19.9 Å². The summed E-state index contributed by atoms with van der Waals surface area (Å²) in [6, 6.07) is 1.55. The second-order valence-electron chi connectivity index (χ2n) is 6.87. The number of aromatic amines is 1. The first-order valence-corrected chi connectivity index (χ1v) is 9.65. The summed E-state index contributed by atoms with van der Waals surface area (Å²) in [5, 5.41) is 12.1. The van der Waals surface area contributed by atoms with Gasteiger partial charge in [-0.05, 0) is 20.0 Å². The fourth-order valence-corrected chi connectivity index (χ4v) is 3.13. The monoisotopic (exact) mass is 384 g/mol. The number of aliphatic hydroxyl groups excluding tert-OH is 1. The van der Waals surface area contributed by atoms with Crippen LogP contribution in [0.15, 0.2) is 41.2 Å². The molecule has 0 bridgehead atoms. The molecule has 8 heteroatoms. The summed E-state index contributed by atoms with van der Waals surface area (Å²) in [5.74, 6) is 1.02. The van der Waals surface area contributed by atoms with Crippen LogP contribution in [0, 0.1) is 0 Å². The molecule has 3 rings (SSSR count). The molecule has 8 nitrogen and oxygen atoms in total. The summed E-state index contributed by atoms with van der Waals surface area (Å²) in [7, 11) is 2.00. The van der Waals surface area contributed by atoms with Gasteiger partial charge in [0.2, 0.25) is 0 Å². The van der Waals surface area contributed by atoms with Crippen LogP contribution in [0.5, 0.6) is 0 Å². The van der Waals surface area contributed by atoms with Gasteiger partial charge in [-0.25, -0.2) is 4.98 Å².